The molecule has 150 valence electrons. The standard InChI is InChI=1S/C22H21N7O/c23-22-25-8-7-17(27-22)15-3-4-16-18(28-29-20(16)11-15)5-1-14-2-6-19(26-12-14)21-13-24-9-10-30-21/h1-8,11-12,21,24H,9-10,13H2,(H,28,29)(H2,23,25,27)/b5-1+. The van der Waals surface area contributed by atoms with Crippen molar-refractivity contribution in [1.82, 2.24) is 30.5 Å². The summed E-state index contributed by atoms with van der Waals surface area (Å²) < 4.78 is 5.75. The molecule has 0 radical (unpaired) electrons. The van der Waals surface area contributed by atoms with Crippen molar-refractivity contribution < 1.29 is 4.74 Å². The lowest BCUT2D eigenvalue weighted by atomic mass is 10.1. The predicted molar refractivity (Wildman–Crippen MR) is 116 cm³/mol. The topological polar surface area (TPSA) is 115 Å². The molecule has 0 bridgehead atoms. The number of ether oxygens (including phenoxy) is 1. The summed E-state index contributed by atoms with van der Waals surface area (Å²) in [6.45, 7) is 2.40. The smallest absolute Gasteiger partial charge is 0.220 e. The summed E-state index contributed by atoms with van der Waals surface area (Å²) in [7, 11) is 0. The van der Waals surface area contributed by atoms with Gasteiger partial charge in [0.2, 0.25) is 5.95 Å². The lowest BCUT2D eigenvalue weighted by molar-refractivity contribution is 0.0250. The molecular formula is C22H21N7O. The third-order valence-electron chi connectivity index (χ3n) is 5.06. The van der Waals surface area contributed by atoms with Gasteiger partial charge in [-0.2, -0.15) is 5.10 Å². The zero-order valence-electron chi connectivity index (χ0n) is 16.2. The minimum Gasteiger partial charge on any atom is -0.369 e. The van der Waals surface area contributed by atoms with Crippen LogP contribution in [0.1, 0.15) is 23.1 Å². The van der Waals surface area contributed by atoms with Crippen molar-refractivity contribution in [3.63, 3.8) is 0 Å². The van der Waals surface area contributed by atoms with Crippen LogP contribution in [0, 0.1) is 0 Å². The highest BCUT2D eigenvalue weighted by atomic mass is 16.5. The molecule has 1 saturated heterocycles. The van der Waals surface area contributed by atoms with Crippen LogP contribution in [0.2, 0.25) is 0 Å². The van der Waals surface area contributed by atoms with Gasteiger partial charge in [-0.3, -0.25) is 10.1 Å². The van der Waals surface area contributed by atoms with E-state index in [9.17, 15) is 0 Å². The Morgan fingerprint density at radius 3 is 2.87 bits per heavy atom. The first-order valence-corrected chi connectivity index (χ1v) is 9.80. The predicted octanol–water partition coefficient (Wildman–Crippen LogP) is 2.83. The van der Waals surface area contributed by atoms with Gasteiger partial charge in [-0.05, 0) is 35.9 Å². The highest BCUT2D eigenvalue weighted by Crippen LogP contribution is 2.25. The number of aromatic nitrogens is 5. The summed E-state index contributed by atoms with van der Waals surface area (Å²) >= 11 is 0. The number of rotatable bonds is 4. The van der Waals surface area contributed by atoms with Crippen LogP contribution in [0.15, 0.2) is 48.8 Å². The van der Waals surface area contributed by atoms with Gasteiger partial charge in [0.1, 0.15) is 6.10 Å². The van der Waals surface area contributed by atoms with E-state index < -0.39 is 0 Å². The third-order valence-corrected chi connectivity index (χ3v) is 5.06. The fraction of sp³-hybridized carbons (Fsp3) is 0.182. The summed E-state index contributed by atoms with van der Waals surface area (Å²) in [5, 5.41) is 11.9. The summed E-state index contributed by atoms with van der Waals surface area (Å²) in [6, 6.07) is 11.9. The van der Waals surface area contributed by atoms with Crippen molar-refractivity contribution in [3.8, 4) is 11.3 Å². The summed E-state index contributed by atoms with van der Waals surface area (Å²) in [5.41, 5.74) is 11.2. The van der Waals surface area contributed by atoms with E-state index in [4.69, 9.17) is 10.5 Å². The minimum absolute atomic E-state index is 0.0199. The molecule has 1 atom stereocenters. The Hall–Kier alpha value is -3.62. The average Bonchev–Trinajstić information content (AvgIpc) is 3.21. The lowest BCUT2D eigenvalue weighted by Crippen LogP contribution is -2.33. The minimum atomic E-state index is 0.0199. The van der Waals surface area contributed by atoms with Gasteiger partial charge in [0, 0.05) is 36.4 Å². The Morgan fingerprint density at radius 2 is 2.07 bits per heavy atom. The second-order valence-electron chi connectivity index (χ2n) is 7.08. The number of hydrogen-bond donors (Lipinski definition) is 3. The van der Waals surface area contributed by atoms with Crippen LogP contribution in [-0.2, 0) is 4.74 Å². The number of aromatic amines is 1. The molecule has 5 rings (SSSR count). The van der Waals surface area contributed by atoms with E-state index in [1.807, 2.05) is 54.7 Å². The largest absolute Gasteiger partial charge is 0.369 e. The number of nitrogens with two attached hydrogens (primary N) is 1. The Kier molecular flexibility index (Phi) is 4.92. The molecule has 1 fully saturated rings. The normalized spacial score (nSPS) is 17.0. The number of hydrogen-bond acceptors (Lipinski definition) is 7. The molecule has 1 aromatic carbocycles. The van der Waals surface area contributed by atoms with Crippen LogP contribution in [0.3, 0.4) is 0 Å². The zero-order valence-corrected chi connectivity index (χ0v) is 16.2. The van der Waals surface area contributed by atoms with E-state index in [1.165, 1.54) is 0 Å². The van der Waals surface area contributed by atoms with Crippen LogP contribution >= 0.6 is 0 Å². The van der Waals surface area contributed by atoms with Crippen molar-refractivity contribution in [2.45, 2.75) is 6.10 Å². The van der Waals surface area contributed by atoms with E-state index >= 15 is 0 Å². The molecule has 4 aromatic rings. The fourth-order valence-corrected chi connectivity index (χ4v) is 3.50. The number of pyridine rings is 1. The number of morpholine rings is 1. The van der Waals surface area contributed by atoms with Crippen molar-refractivity contribution in [3.05, 3.63) is 65.7 Å². The van der Waals surface area contributed by atoms with Crippen molar-refractivity contribution in [1.29, 1.82) is 0 Å². The Bertz CT molecular complexity index is 1190. The van der Waals surface area contributed by atoms with Gasteiger partial charge in [0.25, 0.3) is 0 Å². The van der Waals surface area contributed by atoms with Crippen LogP contribution in [-0.4, -0.2) is 44.8 Å². The molecule has 0 amide bonds. The molecule has 4 heterocycles. The fourth-order valence-electron chi connectivity index (χ4n) is 3.50. The maximum absolute atomic E-state index is 5.75. The first-order chi connectivity index (χ1) is 14.8. The third kappa shape index (κ3) is 3.78. The summed E-state index contributed by atoms with van der Waals surface area (Å²) in [5.74, 6) is 0.256. The first kappa shape index (κ1) is 18.4. The number of fused-ring (bicyclic) bond motifs is 1. The van der Waals surface area contributed by atoms with Crippen LogP contribution in [0.5, 0.6) is 0 Å². The van der Waals surface area contributed by atoms with Gasteiger partial charge < -0.3 is 15.8 Å². The molecule has 0 aliphatic carbocycles. The lowest BCUT2D eigenvalue weighted by Gasteiger charge is -2.23. The van der Waals surface area contributed by atoms with Crippen molar-refractivity contribution in [2.24, 2.45) is 0 Å². The molecule has 30 heavy (non-hydrogen) atoms. The van der Waals surface area contributed by atoms with Gasteiger partial charge in [0.15, 0.2) is 0 Å². The van der Waals surface area contributed by atoms with Gasteiger partial charge >= 0.3 is 0 Å². The number of nitrogen functional groups attached to an aromatic ring is 1. The SMILES string of the molecule is Nc1nccc(-c2ccc3c(/C=C/c4ccc(C5CNCCO5)nc4)n[nH]c3c2)n1. The second kappa shape index (κ2) is 8.02. The number of nitrogens with zero attached hydrogens (tertiary/aromatic N) is 4. The molecule has 0 spiro atoms. The van der Waals surface area contributed by atoms with Gasteiger partial charge in [-0.1, -0.05) is 18.2 Å². The number of nitrogens with one attached hydrogen (secondary N) is 2. The van der Waals surface area contributed by atoms with Crippen LogP contribution < -0.4 is 11.1 Å². The monoisotopic (exact) mass is 399 g/mol. The van der Waals surface area contributed by atoms with E-state index in [0.29, 0.717) is 6.61 Å². The van der Waals surface area contributed by atoms with Crippen LogP contribution in [0.25, 0.3) is 34.3 Å². The molecule has 1 aliphatic rings. The van der Waals surface area contributed by atoms with E-state index in [1.54, 1.807) is 6.20 Å². The Labute approximate surface area is 173 Å². The van der Waals surface area contributed by atoms with Gasteiger partial charge in [-0.15, -0.1) is 0 Å². The molecule has 8 heteroatoms. The van der Waals surface area contributed by atoms with Gasteiger partial charge in [0.05, 0.1) is 29.2 Å². The highest BCUT2D eigenvalue weighted by molar-refractivity contribution is 5.91. The molecule has 1 aliphatic heterocycles. The quantitative estimate of drug-likeness (QED) is 0.483. The van der Waals surface area contributed by atoms with Crippen molar-refractivity contribution >= 4 is 29.0 Å². The number of H-pyrrole nitrogens is 1. The average molecular weight is 399 g/mol. The highest BCUT2D eigenvalue weighted by Gasteiger charge is 2.16. The maximum atomic E-state index is 5.75. The van der Waals surface area contributed by atoms with E-state index in [0.717, 1.165) is 52.2 Å². The molecule has 8 nitrogen and oxygen atoms in total. The maximum Gasteiger partial charge on any atom is 0.220 e. The molecule has 0 saturated carbocycles. The molecular weight excluding hydrogens is 378 g/mol. The Morgan fingerprint density at radius 1 is 1.10 bits per heavy atom. The molecule has 4 N–H and O–H groups in total. The Balaban J connectivity index is 1.35. The second-order valence-corrected chi connectivity index (χ2v) is 7.08. The number of anilines is 1. The van der Waals surface area contributed by atoms with E-state index in [2.05, 4.69) is 30.5 Å². The summed E-state index contributed by atoms with van der Waals surface area (Å²) in [6.07, 6.45) is 7.52. The van der Waals surface area contributed by atoms with E-state index in [-0.39, 0.29) is 12.1 Å². The van der Waals surface area contributed by atoms with Crippen LogP contribution in [0.4, 0.5) is 5.95 Å². The van der Waals surface area contributed by atoms with Crippen molar-refractivity contribution in [2.75, 3.05) is 25.4 Å². The summed E-state index contributed by atoms with van der Waals surface area (Å²) in [4.78, 5) is 12.8. The molecule has 3 aromatic heterocycles. The van der Waals surface area contributed by atoms with Gasteiger partial charge in [-0.25, -0.2) is 9.97 Å². The number of benzene rings is 1. The molecule has 1 unspecified atom stereocenters. The first-order valence-electron chi connectivity index (χ1n) is 9.80. The zero-order chi connectivity index (χ0) is 20.3.